The minimum atomic E-state index is 0.359. The van der Waals surface area contributed by atoms with E-state index < -0.39 is 0 Å². The van der Waals surface area contributed by atoms with E-state index in [-0.39, 0.29) is 0 Å². The Morgan fingerprint density at radius 1 is 1.28 bits per heavy atom. The van der Waals surface area contributed by atoms with Crippen molar-refractivity contribution < 1.29 is 4.74 Å². The van der Waals surface area contributed by atoms with Gasteiger partial charge in [-0.3, -0.25) is 0 Å². The minimum Gasteiger partial charge on any atom is -0.492 e. The molecule has 0 aromatic heterocycles. The highest BCUT2D eigenvalue weighted by molar-refractivity contribution is 6.32. The Hall–Kier alpha value is -0.730. The molecule has 0 aliphatic rings. The zero-order valence-corrected chi connectivity index (χ0v) is 12.4. The molecule has 3 heteroatoms. The molecule has 2 nitrogen and oxygen atoms in total. The fraction of sp³-hybridized carbons (Fsp3) is 0.600. The highest BCUT2D eigenvalue weighted by atomic mass is 35.5. The Morgan fingerprint density at radius 2 is 2.00 bits per heavy atom. The van der Waals surface area contributed by atoms with Crippen LogP contribution in [0.2, 0.25) is 5.02 Å². The van der Waals surface area contributed by atoms with Gasteiger partial charge in [0.05, 0.1) is 11.6 Å². The first kappa shape index (κ1) is 15.3. The first-order valence-electron chi connectivity index (χ1n) is 6.54. The molecule has 1 aromatic rings. The molecule has 0 heterocycles. The highest BCUT2D eigenvalue weighted by Gasteiger charge is 2.09. The average molecular weight is 270 g/mol. The molecule has 0 bridgehead atoms. The second-order valence-electron chi connectivity index (χ2n) is 5.82. The van der Waals surface area contributed by atoms with Crippen molar-refractivity contribution in [3.05, 3.63) is 28.8 Å². The van der Waals surface area contributed by atoms with Gasteiger partial charge in [-0.25, -0.2) is 0 Å². The van der Waals surface area contributed by atoms with Gasteiger partial charge in [0, 0.05) is 0 Å². The van der Waals surface area contributed by atoms with Gasteiger partial charge in [-0.2, -0.15) is 0 Å². The third-order valence-corrected chi connectivity index (χ3v) is 3.05. The Kier molecular flexibility index (Phi) is 5.97. The van der Waals surface area contributed by atoms with Crippen molar-refractivity contribution >= 4 is 11.6 Å². The molecule has 0 fully saturated rings. The van der Waals surface area contributed by atoms with Gasteiger partial charge in [0.15, 0.2) is 0 Å². The quantitative estimate of drug-likeness (QED) is 0.791. The standard InChI is InChI=1S/C15H24ClNO/c1-15(2,3)8-4-10-18-14-6-5-12(7-9-17)11-13(14)16/h5-6,11H,4,7-10,17H2,1-3H3. The Balaban J connectivity index is 2.43. The normalized spacial score (nSPS) is 11.6. The largest absolute Gasteiger partial charge is 0.492 e. The SMILES string of the molecule is CC(C)(C)CCCOc1ccc(CCN)cc1Cl. The van der Waals surface area contributed by atoms with Gasteiger partial charge in [0.1, 0.15) is 5.75 Å². The number of hydrogen-bond donors (Lipinski definition) is 1. The number of benzene rings is 1. The Labute approximate surface area is 115 Å². The van der Waals surface area contributed by atoms with Crippen molar-refractivity contribution in [2.75, 3.05) is 13.2 Å². The minimum absolute atomic E-state index is 0.359. The maximum Gasteiger partial charge on any atom is 0.137 e. The van der Waals surface area contributed by atoms with E-state index in [0.717, 1.165) is 30.6 Å². The first-order chi connectivity index (χ1) is 8.42. The van der Waals surface area contributed by atoms with Gasteiger partial charge in [-0.05, 0) is 48.9 Å². The number of hydrogen-bond acceptors (Lipinski definition) is 2. The summed E-state index contributed by atoms with van der Waals surface area (Å²) in [5.74, 6) is 0.770. The highest BCUT2D eigenvalue weighted by Crippen LogP contribution is 2.26. The van der Waals surface area contributed by atoms with Crippen LogP contribution in [0.1, 0.15) is 39.2 Å². The third kappa shape index (κ3) is 5.74. The second-order valence-corrected chi connectivity index (χ2v) is 6.22. The van der Waals surface area contributed by atoms with Crippen molar-refractivity contribution in [2.24, 2.45) is 11.1 Å². The molecule has 2 N–H and O–H groups in total. The first-order valence-corrected chi connectivity index (χ1v) is 6.91. The number of nitrogens with two attached hydrogens (primary N) is 1. The van der Waals surface area contributed by atoms with Crippen molar-refractivity contribution in [3.8, 4) is 5.75 Å². The van der Waals surface area contributed by atoms with Crippen LogP contribution in [-0.2, 0) is 6.42 Å². The number of ether oxygens (including phenoxy) is 1. The molecule has 0 amide bonds. The van der Waals surface area contributed by atoms with Crippen LogP contribution in [0, 0.1) is 5.41 Å². The van der Waals surface area contributed by atoms with E-state index in [2.05, 4.69) is 20.8 Å². The van der Waals surface area contributed by atoms with E-state index in [9.17, 15) is 0 Å². The van der Waals surface area contributed by atoms with Gasteiger partial charge in [-0.15, -0.1) is 0 Å². The predicted molar refractivity (Wildman–Crippen MR) is 78.4 cm³/mol. The van der Waals surface area contributed by atoms with Crippen LogP contribution in [0.25, 0.3) is 0 Å². The topological polar surface area (TPSA) is 35.2 Å². The van der Waals surface area contributed by atoms with Crippen LogP contribution >= 0.6 is 11.6 Å². The van der Waals surface area contributed by atoms with Crippen LogP contribution in [-0.4, -0.2) is 13.2 Å². The van der Waals surface area contributed by atoms with Crippen LogP contribution in [0.5, 0.6) is 5.75 Å². The molecule has 0 spiro atoms. The van der Waals surface area contributed by atoms with Crippen molar-refractivity contribution in [1.82, 2.24) is 0 Å². The third-order valence-electron chi connectivity index (χ3n) is 2.76. The van der Waals surface area contributed by atoms with Gasteiger partial charge in [-0.1, -0.05) is 38.4 Å². The Bertz CT molecular complexity index is 371. The fourth-order valence-electron chi connectivity index (χ4n) is 1.77. The lowest BCUT2D eigenvalue weighted by molar-refractivity contribution is 0.269. The molecule has 1 aromatic carbocycles. The zero-order chi connectivity index (χ0) is 13.6. The fourth-order valence-corrected chi connectivity index (χ4v) is 2.03. The molecule has 0 saturated heterocycles. The van der Waals surface area contributed by atoms with Crippen molar-refractivity contribution in [1.29, 1.82) is 0 Å². The molecular weight excluding hydrogens is 246 g/mol. The van der Waals surface area contributed by atoms with Crippen LogP contribution in [0.15, 0.2) is 18.2 Å². The summed E-state index contributed by atoms with van der Waals surface area (Å²) < 4.78 is 5.70. The lowest BCUT2D eigenvalue weighted by atomic mass is 9.91. The maximum absolute atomic E-state index is 6.17. The summed E-state index contributed by atoms with van der Waals surface area (Å²) in [5, 5.41) is 0.678. The zero-order valence-electron chi connectivity index (χ0n) is 11.6. The summed E-state index contributed by atoms with van der Waals surface area (Å²) in [6.45, 7) is 8.07. The predicted octanol–water partition coefficient (Wildman–Crippen LogP) is 4.05. The van der Waals surface area contributed by atoms with E-state index in [4.69, 9.17) is 22.1 Å². The summed E-state index contributed by atoms with van der Waals surface area (Å²) in [6.07, 6.45) is 3.05. The van der Waals surface area contributed by atoms with Gasteiger partial charge >= 0.3 is 0 Å². The lowest BCUT2D eigenvalue weighted by Gasteiger charge is -2.18. The van der Waals surface area contributed by atoms with E-state index >= 15 is 0 Å². The van der Waals surface area contributed by atoms with Gasteiger partial charge < -0.3 is 10.5 Å². The molecule has 0 atom stereocenters. The molecule has 0 radical (unpaired) electrons. The van der Waals surface area contributed by atoms with Crippen LogP contribution in [0.4, 0.5) is 0 Å². The van der Waals surface area contributed by atoms with E-state index in [1.54, 1.807) is 0 Å². The smallest absolute Gasteiger partial charge is 0.137 e. The average Bonchev–Trinajstić information content (AvgIpc) is 2.26. The molecule has 0 saturated carbocycles. The van der Waals surface area contributed by atoms with E-state index in [1.165, 1.54) is 0 Å². The number of halogens is 1. The Morgan fingerprint density at radius 3 is 2.56 bits per heavy atom. The molecule has 102 valence electrons. The molecule has 0 aliphatic carbocycles. The molecular formula is C15H24ClNO. The summed E-state index contributed by atoms with van der Waals surface area (Å²) in [7, 11) is 0. The second kappa shape index (κ2) is 7.01. The maximum atomic E-state index is 6.17. The summed E-state index contributed by atoms with van der Waals surface area (Å²) >= 11 is 6.17. The summed E-state index contributed by atoms with van der Waals surface area (Å²) in [4.78, 5) is 0. The van der Waals surface area contributed by atoms with E-state index in [1.807, 2.05) is 18.2 Å². The van der Waals surface area contributed by atoms with Crippen LogP contribution < -0.4 is 10.5 Å². The summed E-state index contributed by atoms with van der Waals surface area (Å²) in [5.41, 5.74) is 7.03. The van der Waals surface area contributed by atoms with Crippen molar-refractivity contribution in [3.63, 3.8) is 0 Å². The van der Waals surface area contributed by atoms with E-state index in [0.29, 0.717) is 23.6 Å². The monoisotopic (exact) mass is 269 g/mol. The number of rotatable bonds is 6. The van der Waals surface area contributed by atoms with Crippen molar-refractivity contribution in [2.45, 2.75) is 40.0 Å². The molecule has 0 aliphatic heterocycles. The lowest BCUT2D eigenvalue weighted by Crippen LogP contribution is -2.08. The van der Waals surface area contributed by atoms with Gasteiger partial charge in [0.2, 0.25) is 0 Å². The molecule has 0 unspecified atom stereocenters. The molecule has 1 rings (SSSR count). The summed E-state index contributed by atoms with van der Waals surface area (Å²) in [6, 6.07) is 5.90. The molecule has 18 heavy (non-hydrogen) atoms. The van der Waals surface area contributed by atoms with Crippen LogP contribution in [0.3, 0.4) is 0 Å². The van der Waals surface area contributed by atoms with Gasteiger partial charge in [0.25, 0.3) is 0 Å².